The van der Waals surface area contributed by atoms with Crippen LogP contribution in [0, 0.1) is 5.82 Å². The van der Waals surface area contributed by atoms with Crippen LogP contribution in [0.3, 0.4) is 0 Å². The van der Waals surface area contributed by atoms with Gasteiger partial charge in [0.05, 0.1) is 37.2 Å². The summed E-state index contributed by atoms with van der Waals surface area (Å²) in [4.78, 5) is 3.99. The molecule has 2 aromatic heterocycles. The number of hydrogen-bond donors (Lipinski definition) is 0. The first-order valence-electron chi connectivity index (χ1n) is 11.0. The van der Waals surface area contributed by atoms with E-state index in [2.05, 4.69) is 32.1 Å². The molecule has 0 bridgehead atoms. The number of rotatable bonds is 5. The van der Waals surface area contributed by atoms with Gasteiger partial charge in [-0.15, -0.1) is 10.2 Å². The van der Waals surface area contributed by atoms with Crippen LogP contribution >= 0.6 is 0 Å². The van der Waals surface area contributed by atoms with Crippen molar-refractivity contribution in [1.82, 2.24) is 30.0 Å². The number of ether oxygens (including phenoxy) is 1. The second kappa shape index (κ2) is 9.80. The molecule has 2 aliphatic rings. The van der Waals surface area contributed by atoms with E-state index in [4.69, 9.17) is 4.74 Å². The summed E-state index contributed by atoms with van der Waals surface area (Å²) >= 11 is 0. The number of benzene rings is 1. The summed E-state index contributed by atoms with van der Waals surface area (Å²) in [6.07, 6.45) is 8.70. The molecule has 0 N–H and O–H groups in total. The lowest BCUT2D eigenvalue weighted by Gasteiger charge is -2.33. The number of nitrogens with zero attached hydrogens (tertiary/aromatic N) is 8. The minimum atomic E-state index is -0.237. The molecule has 5 rings (SSSR count). The Morgan fingerprint density at radius 3 is 2.50 bits per heavy atom. The molecule has 4 heterocycles. The van der Waals surface area contributed by atoms with E-state index in [9.17, 15) is 4.39 Å². The lowest BCUT2D eigenvalue weighted by Crippen LogP contribution is -2.35. The van der Waals surface area contributed by atoms with Gasteiger partial charge < -0.3 is 14.5 Å². The van der Waals surface area contributed by atoms with E-state index in [0.717, 1.165) is 31.6 Å². The van der Waals surface area contributed by atoms with Gasteiger partial charge in [-0.05, 0) is 37.6 Å². The maximum atomic E-state index is 15.0. The van der Waals surface area contributed by atoms with Crippen molar-refractivity contribution in [3.8, 4) is 0 Å². The zero-order valence-electron chi connectivity index (χ0n) is 18.5. The predicted molar refractivity (Wildman–Crippen MR) is 120 cm³/mol. The lowest BCUT2D eigenvalue weighted by molar-refractivity contribution is 0.147. The Hall–Kier alpha value is -3.43. The van der Waals surface area contributed by atoms with E-state index in [1.807, 2.05) is 41.8 Å². The fourth-order valence-corrected chi connectivity index (χ4v) is 4.19. The second-order valence-corrected chi connectivity index (χ2v) is 7.61. The summed E-state index contributed by atoms with van der Waals surface area (Å²) in [7, 11) is 0. The van der Waals surface area contributed by atoms with Gasteiger partial charge in [0.15, 0.2) is 5.88 Å². The summed E-state index contributed by atoms with van der Waals surface area (Å²) in [5.74, 6) is 0.278. The molecule has 170 valence electrons. The van der Waals surface area contributed by atoms with Gasteiger partial charge in [-0.3, -0.25) is 0 Å². The highest BCUT2D eigenvalue weighted by Gasteiger charge is 2.29. The highest BCUT2D eigenvalue weighted by molar-refractivity contribution is 5.60. The molecule has 2 aliphatic heterocycles. The summed E-state index contributed by atoms with van der Waals surface area (Å²) in [6.45, 7) is 10.7. The minimum absolute atomic E-state index is 0.113. The van der Waals surface area contributed by atoms with Gasteiger partial charge in [-0.25, -0.2) is 13.8 Å². The molecule has 9 nitrogen and oxygen atoms in total. The molecule has 0 radical (unpaired) electrons. The lowest BCUT2D eigenvalue weighted by atomic mass is 10.0. The van der Waals surface area contributed by atoms with Crippen LogP contribution in [0.25, 0.3) is 0 Å². The van der Waals surface area contributed by atoms with E-state index in [-0.39, 0.29) is 11.9 Å². The van der Waals surface area contributed by atoms with Gasteiger partial charge >= 0.3 is 0 Å². The molecule has 2 fully saturated rings. The summed E-state index contributed by atoms with van der Waals surface area (Å²) in [5, 5.41) is 15.7. The van der Waals surface area contributed by atoms with Crippen molar-refractivity contribution in [3.63, 3.8) is 0 Å². The first kappa shape index (κ1) is 21.8. The molecule has 1 unspecified atom stereocenters. The highest BCUT2D eigenvalue weighted by Crippen LogP contribution is 2.33. The average molecular weight is 441 g/mol. The third kappa shape index (κ3) is 4.58. The standard InChI is InChI=1S/C20H23FN8O.C2H6/c1-15-28(14-18(30-15)13-27-10-6-22-24-27)17-2-3-20(19(21)12-17)26-8-4-16(5-9-26)29-11-7-23-25-29;1-2/h2-3,6-7,10-12,16,18H,1,4-5,8-9,13-14H2;1-2H3. The minimum Gasteiger partial charge on any atom is -0.472 e. The fraction of sp³-hybridized carbons (Fsp3) is 0.455. The normalized spacial score (nSPS) is 19.0. The van der Waals surface area contributed by atoms with Crippen LogP contribution in [0.2, 0.25) is 0 Å². The maximum Gasteiger partial charge on any atom is 0.186 e. The Kier molecular flexibility index (Phi) is 6.67. The van der Waals surface area contributed by atoms with Crippen LogP contribution in [-0.4, -0.2) is 55.7 Å². The van der Waals surface area contributed by atoms with E-state index in [1.165, 1.54) is 0 Å². The van der Waals surface area contributed by atoms with Crippen LogP contribution < -0.4 is 9.80 Å². The van der Waals surface area contributed by atoms with Crippen molar-refractivity contribution in [2.24, 2.45) is 0 Å². The van der Waals surface area contributed by atoms with Crippen molar-refractivity contribution < 1.29 is 9.13 Å². The fourth-order valence-electron chi connectivity index (χ4n) is 4.19. The topological polar surface area (TPSA) is 77.1 Å². The Morgan fingerprint density at radius 1 is 1.09 bits per heavy atom. The molecule has 0 saturated carbocycles. The Labute approximate surface area is 187 Å². The van der Waals surface area contributed by atoms with Crippen molar-refractivity contribution in [1.29, 1.82) is 0 Å². The number of aromatic nitrogens is 6. The molecule has 0 aliphatic carbocycles. The van der Waals surface area contributed by atoms with Crippen LogP contribution in [0.4, 0.5) is 15.8 Å². The zero-order valence-corrected chi connectivity index (χ0v) is 18.5. The number of anilines is 2. The molecule has 1 atom stereocenters. The smallest absolute Gasteiger partial charge is 0.186 e. The van der Waals surface area contributed by atoms with Gasteiger partial charge in [0.1, 0.15) is 11.9 Å². The molecular weight excluding hydrogens is 411 g/mol. The van der Waals surface area contributed by atoms with Gasteiger partial charge in [0.2, 0.25) is 0 Å². The van der Waals surface area contributed by atoms with Crippen molar-refractivity contribution in [2.75, 3.05) is 29.4 Å². The molecule has 32 heavy (non-hydrogen) atoms. The van der Waals surface area contributed by atoms with Gasteiger partial charge in [0, 0.05) is 31.2 Å². The largest absolute Gasteiger partial charge is 0.472 e. The average Bonchev–Trinajstić information content (AvgIpc) is 3.58. The Balaban J connectivity index is 0.00000119. The van der Waals surface area contributed by atoms with Crippen LogP contribution in [0.15, 0.2) is 55.4 Å². The summed E-state index contributed by atoms with van der Waals surface area (Å²) in [5.41, 5.74) is 1.36. The maximum absolute atomic E-state index is 15.0. The quantitative estimate of drug-likeness (QED) is 0.603. The van der Waals surface area contributed by atoms with Crippen molar-refractivity contribution in [3.05, 3.63) is 61.3 Å². The zero-order chi connectivity index (χ0) is 22.5. The monoisotopic (exact) mass is 440 g/mol. The molecule has 2 saturated heterocycles. The van der Waals surface area contributed by atoms with Gasteiger partial charge in [-0.2, -0.15) is 0 Å². The molecule has 3 aromatic rings. The predicted octanol–water partition coefficient (Wildman–Crippen LogP) is 3.25. The molecule has 0 amide bonds. The van der Waals surface area contributed by atoms with Crippen LogP contribution in [-0.2, 0) is 11.3 Å². The third-order valence-electron chi connectivity index (χ3n) is 5.72. The van der Waals surface area contributed by atoms with E-state index < -0.39 is 0 Å². The summed E-state index contributed by atoms with van der Waals surface area (Å²) in [6, 6.07) is 5.65. The van der Waals surface area contributed by atoms with Crippen LogP contribution in [0.5, 0.6) is 0 Å². The molecule has 10 heteroatoms. The summed E-state index contributed by atoms with van der Waals surface area (Å²) < 4.78 is 24.4. The van der Waals surface area contributed by atoms with Crippen LogP contribution in [0.1, 0.15) is 32.7 Å². The SMILES string of the molecule is C=C1OC(Cn2ccnn2)CN1c1ccc(N2CCC(n3ccnn3)CC2)c(F)c1.CC. The highest BCUT2D eigenvalue weighted by atomic mass is 19.1. The van der Waals surface area contributed by atoms with Gasteiger partial charge in [-0.1, -0.05) is 24.3 Å². The van der Waals surface area contributed by atoms with E-state index >= 15 is 0 Å². The number of piperidine rings is 1. The Morgan fingerprint density at radius 2 is 1.84 bits per heavy atom. The van der Waals surface area contributed by atoms with E-state index in [1.54, 1.807) is 29.3 Å². The van der Waals surface area contributed by atoms with Crippen molar-refractivity contribution >= 4 is 11.4 Å². The first-order chi connectivity index (χ1) is 15.7. The van der Waals surface area contributed by atoms with Gasteiger partial charge in [0.25, 0.3) is 0 Å². The number of hydrogen-bond acceptors (Lipinski definition) is 7. The van der Waals surface area contributed by atoms with Crippen molar-refractivity contribution in [2.45, 2.75) is 45.4 Å². The molecular formula is C22H29FN8O. The number of halogens is 1. The first-order valence-corrected chi connectivity index (χ1v) is 11.0. The van der Waals surface area contributed by atoms with E-state index in [0.29, 0.717) is 30.7 Å². The molecule has 1 aromatic carbocycles. The second-order valence-electron chi connectivity index (χ2n) is 7.61. The Bertz CT molecular complexity index is 999. The third-order valence-corrected chi connectivity index (χ3v) is 5.72. The molecule has 0 spiro atoms.